The highest BCUT2D eigenvalue weighted by Crippen LogP contribution is 2.24. The lowest BCUT2D eigenvalue weighted by molar-refractivity contribution is -0.122. The molecule has 0 radical (unpaired) electrons. The molecule has 0 aliphatic rings. The molecule has 0 aliphatic heterocycles. The number of nitrogens with one attached hydrogen (secondary N) is 1. The second-order valence-corrected chi connectivity index (χ2v) is 8.03. The number of rotatable bonds is 4. The SMILES string of the molecule is CN(CC(=O)NC(C)(C)C)S(=O)(=O)c1cccc(Cl)c1F. The summed E-state index contributed by atoms with van der Waals surface area (Å²) < 4.78 is 39.1. The van der Waals surface area contributed by atoms with Gasteiger partial charge in [-0.05, 0) is 32.9 Å². The van der Waals surface area contributed by atoms with E-state index in [-0.39, 0.29) is 5.02 Å². The lowest BCUT2D eigenvalue weighted by Gasteiger charge is -2.23. The summed E-state index contributed by atoms with van der Waals surface area (Å²) in [5.74, 6) is -1.50. The van der Waals surface area contributed by atoms with Gasteiger partial charge in [0.1, 0.15) is 4.90 Å². The summed E-state index contributed by atoms with van der Waals surface area (Å²) in [5, 5.41) is 2.35. The Morgan fingerprint density at radius 3 is 2.48 bits per heavy atom. The van der Waals surface area contributed by atoms with Crippen molar-refractivity contribution in [1.29, 1.82) is 0 Å². The number of amides is 1. The summed E-state index contributed by atoms with van der Waals surface area (Å²) in [7, 11) is -2.92. The molecule has 118 valence electrons. The second-order valence-electron chi connectivity index (χ2n) is 5.61. The highest BCUT2D eigenvalue weighted by Gasteiger charge is 2.27. The standard InChI is InChI=1S/C13H18ClFN2O3S/c1-13(2,3)16-11(18)8-17(4)21(19,20)10-7-5-6-9(14)12(10)15/h5-7H,8H2,1-4H3,(H,16,18). The van der Waals surface area contributed by atoms with E-state index >= 15 is 0 Å². The number of nitrogens with zero attached hydrogens (tertiary/aromatic N) is 1. The number of hydrogen-bond donors (Lipinski definition) is 1. The van der Waals surface area contributed by atoms with Crippen LogP contribution in [0.3, 0.4) is 0 Å². The number of benzene rings is 1. The second kappa shape index (κ2) is 6.29. The molecule has 0 bridgehead atoms. The first-order chi connectivity index (χ1) is 9.45. The Balaban J connectivity index is 2.98. The van der Waals surface area contributed by atoms with Crippen molar-refractivity contribution in [1.82, 2.24) is 9.62 Å². The molecule has 0 saturated heterocycles. The minimum Gasteiger partial charge on any atom is -0.350 e. The molecule has 0 atom stereocenters. The van der Waals surface area contributed by atoms with Gasteiger partial charge in [-0.15, -0.1) is 0 Å². The minimum absolute atomic E-state index is 0.288. The summed E-state index contributed by atoms with van der Waals surface area (Å²) in [6, 6.07) is 3.69. The third-order valence-corrected chi connectivity index (χ3v) is 4.60. The minimum atomic E-state index is -4.13. The van der Waals surface area contributed by atoms with Gasteiger partial charge in [0.05, 0.1) is 11.6 Å². The van der Waals surface area contributed by atoms with Gasteiger partial charge in [0.15, 0.2) is 5.82 Å². The third kappa shape index (κ3) is 4.66. The number of halogens is 2. The van der Waals surface area contributed by atoms with Crippen LogP contribution in [-0.2, 0) is 14.8 Å². The van der Waals surface area contributed by atoms with Crippen molar-refractivity contribution in [2.24, 2.45) is 0 Å². The van der Waals surface area contributed by atoms with Crippen molar-refractivity contribution < 1.29 is 17.6 Å². The molecule has 8 heteroatoms. The Hall–Kier alpha value is -1.18. The van der Waals surface area contributed by atoms with Gasteiger partial charge in [0, 0.05) is 12.6 Å². The fourth-order valence-electron chi connectivity index (χ4n) is 1.60. The first-order valence-corrected chi connectivity index (χ1v) is 7.98. The molecule has 1 rings (SSSR count). The monoisotopic (exact) mass is 336 g/mol. The largest absolute Gasteiger partial charge is 0.350 e. The quantitative estimate of drug-likeness (QED) is 0.914. The lowest BCUT2D eigenvalue weighted by atomic mass is 10.1. The molecular weight excluding hydrogens is 319 g/mol. The predicted molar refractivity (Wildman–Crippen MR) is 79.1 cm³/mol. The van der Waals surface area contributed by atoms with Crippen LogP contribution in [0.1, 0.15) is 20.8 Å². The van der Waals surface area contributed by atoms with Crippen LogP contribution in [-0.4, -0.2) is 37.8 Å². The lowest BCUT2D eigenvalue weighted by Crippen LogP contribution is -2.46. The zero-order chi connectivity index (χ0) is 16.4. The van der Waals surface area contributed by atoms with E-state index in [1.807, 2.05) is 0 Å². The van der Waals surface area contributed by atoms with Crippen LogP contribution < -0.4 is 5.32 Å². The molecule has 0 spiro atoms. The molecular formula is C13H18ClFN2O3S. The Morgan fingerprint density at radius 2 is 1.95 bits per heavy atom. The molecule has 0 fully saturated rings. The van der Waals surface area contributed by atoms with E-state index in [0.29, 0.717) is 0 Å². The fraction of sp³-hybridized carbons (Fsp3) is 0.462. The molecule has 0 unspecified atom stereocenters. The predicted octanol–water partition coefficient (Wildman–Crippen LogP) is 2.01. The number of hydrogen-bond acceptors (Lipinski definition) is 3. The Morgan fingerprint density at radius 1 is 1.38 bits per heavy atom. The maximum Gasteiger partial charge on any atom is 0.246 e. The van der Waals surface area contributed by atoms with Crippen molar-refractivity contribution >= 4 is 27.5 Å². The van der Waals surface area contributed by atoms with Gasteiger partial charge in [-0.3, -0.25) is 4.79 Å². The molecule has 1 aromatic rings. The number of likely N-dealkylation sites (N-methyl/N-ethyl adjacent to an activating group) is 1. The molecule has 1 amide bonds. The van der Waals surface area contributed by atoms with Gasteiger partial charge in [0.25, 0.3) is 0 Å². The first-order valence-electron chi connectivity index (χ1n) is 6.16. The van der Waals surface area contributed by atoms with Gasteiger partial charge in [-0.1, -0.05) is 17.7 Å². The van der Waals surface area contributed by atoms with E-state index in [1.54, 1.807) is 20.8 Å². The smallest absolute Gasteiger partial charge is 0.246 e. The van der Waals surface area contributed by atoms with Crippen LogP contribution in [0.5, 0.6) is 0 Å². The Labute approximate surface area is 129 Å². The average Bonchev–Trinajstić information content (AvgIpc) is 2.29. The van der Waals surface area contributed by atoms with E-state index in [2.05, 4.69) is 5.32 Å². The fourth-order valence-corrected chi connectivity index (χ4v) is 3.04. The van der Waals surface area contributed by atoms with Crippen molar-refractivity contribution in [2.45, 2.75) is 31.2 Å². The Bertz CT molecular complexity index is 641. The van der Waals surface area contributed by atoms with Gasteiger partial charge in [-0.25, -0.2) is 12.8 Å². The van der Waals surface area contributed by atoms with Crippen LogP contribution in [0.25, 0.3) is 0 Å². The molecule has 0 heterocycles. The normalized spacial score (nSPS) is 12.5. The molecule has 0 aliphatic carbocycles. The van der Waals surface area contributed by atoms with E-state index in [4.69, 9.17) is 11.6 Å². The first kappa shape index (κ1) is 17.9. The molecule has 1 aromatic carbocycles. The average molecular weight is 337 g/mol. The molecule has 1 N–H and O–H groups in total. The zero-order valence-corrected chi connectivity index (χ0v) is 13.8. The van der Waals surface area contributed by atoms with E-state index in [9.17, 15) is 17.6 Å². The summed E-state index contributed by atoms with van der Waals surface area (Å²) in [6.07, 6.45) is 0. The van der Waals surface area contributed by atoms with Crippen molar-refractivity contribution in [3.8, 4) is 0 Å². The van der Waals surface area contributed by atoms with E-state index in [1.165, 1.54) is 19.2 Å². The summed E-state index contributed by atoms with van der Waals surface area (Å²) >= 11 is 5.58. The highest BCUT2D eigenvalue weighted by molar-refractivity contribution is 7.89. The van der Waals surface area contributed by atoms with Crippen molar-refractivity contribution in [3.63, 3.8) is 0 Å². The highest BCUT2D eigenvalue weighted by atomic mass is 35.5. The van der Waals surface area contributed by atoms with Crippen molar-refractivity contribution in [3.05, 3.63) is 29.0 Å². The van der Waals surface area contributed by atoms with E-state index in [0.717, 1.165) is 10.4 Å². The molecule has 21 heavy (non-hydrogen) atoms. The number of carbonyl (C=O) groups is 1. The summed E-state index contributed by atoms with van der Waals surface area (Å²) in [5.41, 5.74) is -0.483. The van der Waals surface area contributed by atoms with Crippen LogP contribution in [0, 0.1) is 5.82 Å². The topological polar surface area (TPSA) is 66.5 Å². The van der Waals surface area contributed by atoms with Crippen molar-refractivity contribution in [2.75, 3.05) is 13.6 Å². The van der Waals surface area contributed by atoms with Gasteiger partial charge in [0.2, 0.25) is 15.9 Å². The summed E-state index contributed by atoms with van der Waals surface area (Å²) in [4.78, 5) is 11.2. The van der Waals surface area contributed by atoms with Gasteiger partial charge >= 0.3 is 0 Å². The zero-order valence-electron chi connectivity index (χ0n) is 12.3. The summed E-state index contributed by atoms with van der Waals surface area (Å²) in [6.45, 7) is 4.91. The van der Waals surface area contributed by atoms with Crippen LogP contribution >= 0.6 is 11.6 Å². The maximum absolute atomic E-state index is 13.8. The van der Waals surface area contributed by atoms with E-state index < -0.39 is 38.7 Å². The van der Waals surface area contributed by atoms with Gasteiger partial charge < -0.3 is 5.32 Å². The number of sulfonamides is 1. The molecule has 5 nitrogen and oxygen atoms in total. The van der Waals surface area contributed by atoms with Gasteiger partial charge in [-0.2, -0.15) is 4.31 Å². The number of carbonyl (C=O) groups excluding carboxylic acids is 1. The molecule has 0 aromatic heterocycles. The molecule has 0 saturated carbocycles. The van der Waals surface area contributed by atoms with Crippen LogP contribution in [0.2, 0.25) is 5.02 Å². The maximum atomic E-state index is 13.8. The Kier molecular flexibility index (Phi) is 5.35. The third-order valence-electron chi connectivity index (χ3n) is 2.49. The van der Waals surface area contributed by atoms with Crippen LogP contribution in [0.4, 0.5) is 4.39 Å². The van der Waals surface area contributed by atoms with Crippen LogP contribution in [0.15, 0.2) is 23.1 Å².